The number of hydrogen-bond acceptors (Lipinski definition) is 2. The Morgan fingerprint density at radius 1 is 1.00 bits per heavy atom. The molecule has 0 saturated heterocycles. The largest absolute Gasteiger partial charge is 0.322 e. The van der Waals surface area contributed by atoms with Crippen molar-refractivity contribution in [1.82, 2.24) is 5.32 Å². The third kappa shape index (κ3) is 4.28. The van der Waals surface area contributed by atoms with E-state index in [0.717, 1.165) is 5.56 Å². The Balaban J connectivity index is 2.26. The summed E-state index contributed by atoms with van der Waals surface area (Å²) in [6.45, 7) is 1.30. The number of benzene rings is 2. The van der Waals surface area contributed by atoms with Gasteiger partial charge < -0.3 is 10.6 Å². The number of halogens is 1. The minimum atomic E-state index is -0.593. The zero-order valence-corrected chi connectivity index (χ0v) is 12.0. The summed E-state index contributed by atoms with van der Waals surface area (Å²) < 4.78 is 13.6. The molecule has 0 bridgehead atoms. The van der Waals surface area contributed by atoms with Crippen molar-refractivity contribution in [2.45, 2.75) is 6.92 Å². The highest BCUT2D eigenvalue weighted by Gasteiger charge is 2.13. The molecule has 5 heteroatoms. The van der Waals surface area contributed by atoms with Crippen LogP contribution >= 0.6 is 0 Å². The molecule has 0 spiro atoms. The molecule has 0 atom stereocenters. The maximum absolute atomic E-state index is 13.6. The summed E-state index contributed by atoms with van der Waals surface area (Å²) in [5.74, 6) is -1.52. The van der Waals surface area contributed by atoms with Crippen molar-refractivity contribution in [3.05, 3.63) is 71.7 Å². The van der Waals surface area contributed by atoms with Crippen molar-refractivity contribution >= 4 is 23.6 Å². The molecular weight excluding hydrogens is 283 g/mol. The summed E-state index contributed by atoms with van der Waals surface area (Å²) in [7, 11) is 0. The Morgan fingerprint density at radius 3 is 2.27 bits per heavy atom. The number of rotatable bonds is 4. The van der Waals surface area contributed by atoms with Crippen LogP contribution in [-0.4, -0.2) is 11.8 Å². The quantitative estimate of drug-likeness (QED) is 0.853. The minimum Gasteiger partial charge on any atom is -0.322 e. The number of carbonyl (C=O) groups excluding carboxylic acids is 2. The number of carbonyl (C=O) groups is 2. The molecule has 0 aromatic heterocycles. The number of para-hydroxylation sites is 1. The van der Waals surface area contributed by atoms with Crippen molar-refractivity contribution < 1.29 is 14.0 Å². The first-order valence-corrected chi connectivity index (χ1v) is 6.66. The van der Waals surface area contributed by atoms with Crippen LogP contribution in [0.2, 0.25) is 0 Å². The summed E-state index contributed by atoms with van der Waals surface area (Å²) in [6, 6.07) is 14.9. The SMILES string of the molecule is CC(=O)N/C(=C\c1ccccc1)C(=O)Nc1ccccc1F. The van der Waals surface area contributed by atoms with Gasteiger partial charge in [-0.3, -0.25) is 9.59 Å². The third-order valence-electron chi connectivity index (χ3n) is 2.79. The molecule has 0 heterocycles. The van der Waals surface area contributed by atoms with Gasteiger partial charge in [-0.05, 0) is 23.8 Å². The number of amides is 2. The van der Waals surface area contributed by atoms with E-state index in [1.165, 1.54) is 31.2 Å². The van der Waals surface area contributed by atoms with E-state index in [-0.39, 0.29) is 17.3 Å². The molecule has 0 saturated carbocycles. The van der Waals surface area contributed by atoms with E-state index >= 15 is 0 Å². The molecule has 0 unspecified atom stereocenters. The maximum Gasteiger partial charge on any atom is 0.272 e. The topological polar surface area (TPSA) is 58.2 Å². The lowest BCUT2D eigenvalue weighted by Crippen LogP contribution is -2.29. The molecular formula is C17H15FN2O2. The summed E-state index contributed by atoms with van der Waals surface area (Å²) in [4.78, 5) is 23.5. The first-order chi connectivity index (χ1) is 10.6. The van der Waals surface area contributed by atoms with Crippen LogP contribution in [0, 0.1) is 5.82 Å². The average molecular weight is 298 g/mol. The highest BCUT2D eigenvalue weighted by Crippen LogP contribution is 2.14. The lowest BCUT2D eigenvalue weighted by atomic mass is 10.2. The normalized spacial score (nSPS) is 10.9. The fourth-order valence-corrected chi connectivity index (χ4v) is 1.82. The van der Waals surface area contributed by atoms with Crippen molar-refractivity contribution in [1.29, 1.82) is 0 Å². The lowest BCUT2D eigenvalue weighted by Gasteiger charge is -2.10. The van der Waals surface area contributed by atoms with Crippen LogP contribution in [0.3, 0.4) is 0 Å². The van der Waals surface area contributed by atoms with Crippen LogP contribution in [0.5, 0.6) is 0 Å². The first-order valence-electron chi connectivity index (χ1n) is 6.66. The van der Waals surface area contributed by atoms with Crippen LogP contribution in [0.4, 0.5) is 10.1 Å². The van der Waals surface area contributed by atoms with E-state index in [4.69, 9.17) is 0 Å². The van der Waals surface area contributed by atoms with Gasteiger partial charge in [0.1, 0.15) is 11.5 Å². The molecule has 22 heavy (non-hydrogen) atoms. The predicted molar refractivity (Wildman–Crippen MR) is 83.3 cm³/mol. The second-order valence-corrected chi connectivity index (χ2v) is 4.58. The number of nitrogens with one attached hydrogen (secondary N) is 2. The Kier molecular flexibility index (Phi) is 5.03. The summed E-state index contributed by atoms with van der Waals surface area (Å²) in [6.07, 6.45) is 1.53. The second-order valence-electron chi connectivity index (χ2n) is 4.58. The predicted octanol–water partition coefficient (Wildman–Crippen LogP) is 2.94. The van der Waals surface area contributed by atoms with Gasteiger partial charge in [0, 0.05) is 6.92 Å². The molecule has 2 aromatic rings. The molecule has 0 aliphatic heterocycles. The smallest absolute Gasteiger partial charge is 0.272 e. The fraction of sp³-hybridized carbons (Fsp3) is 0.0588. The number of hydrogen-bond donors (Lipinski definition) is 2. The van der Waals surface area contributed by atoms with Crippen LogP contribution in [0.25, 0.3) is 6.08 Å². The molecule has 2 amide bonds. The van der Waals surface area contributed by atoms with Crippen LogP contribution in [0.15, 0.2) is 60.3 Å². The van der Waals surface area contributed by atoms with E-state index in [0.29, 0.717) is 0 Å². The van der Waals surface area contributed by atoms with Gasteiger partial charge in [-0.1, -0.05) is 42.5 Å². The van der Waals surface area contributed by atoms with Gasteiger partial charge in [0.2, 0.25) is 5.91 Å². The summed E-state index contributed by atoms with van der Waals surface area (Å²) in [5.41, 5.74) is 0.841. The van der Waals surface area contributed by atoms with Gasteiger partial charge >= 0.3 is 0 Å². The zero-order valence-electron chi connectivity index (χ0n) is 12.0. The Morgan fingerprint density at radius 2 is 1.64 bits per heavy atom. The molecule has 2 rings (SSSR count). The van der Waals surface area contributed by atoms with E-state index in [1.54, 1.807) is 18.2 Å². The molecule has 0 aliphatic rings. The second kappa shape index (κ2) is 7.17. The van der Waals surface area contributed by atoms with Gasteiger partial charge in [0.25, 0.3) is 5.91 Å². The minimum absolute atomic E-state index is 0.0435. The van der Waals surface area contributed by atoms with Crippen LogP contribution in [-0.2, 0) is 9.59 Å². The molecule has 112 valence electrons. The van der Waals surface area contributed by atoms with E-state index in [1.807, 2.05) is 18.2 Å². The maximum atomic E-state index is 13.6. The van der Waals surface area contributed by atoms with E-state index in [9.17, 15) is 14.0 Å². The monoisotopic (exact) mass is 298 g/mol. The van der Waals surface area contributed by atoms with Crippen molar-refractivity contribution in [2.75, 3.05) is 5.32 Å². The fourth-order valence-electron chi connectivity index (χ4n) is 1.82. The van der Waals surface area contributed by atoms with Gasteiger partial charge in [0.15, 0.2) is 0 Å². The van der Waals surface area contributed by atoms with Gasteiger partial charge in [-0.25, -0.2) is 4.39 Å². The zero-order chi connectivity index (χ0) is 15.9. The van der Waals surface area contributed by atoms with Crippen LogP contribution < -0.4 is 10.6 Å². The Bertz CT molecular complexity index is 712. The molecule has 0 aliphatic carbocycles. The highest BCUT2D eigenvalue weighted by molar-refractivity contribution is 6.08. The Hall–Kier alpha value is -2.95. The van der Waals surface area contributed by atoms with Crippen molar-refractivity contribution in [3.8, 4) is 0 Å². The van der Waals surface area contributed by atoms with Gasteiger partial charge in [-0.15, -0.1) is 0 Å². The molecule has 2 aromatic carbocycles. The summed E-state index contributed by atoms with van der Waals surface area (Å²) >= 11 is 0. The van der Waals surface area contributed by atoms with Crippen molar-refractivity contribution in [2.24, 2.45) is 0 Å². The number of anilines is 1. The van der Waals surface area contributed by atoms with E-state index in [2.05, 4.69) is 10.6 Å². The van der Waals surface area contributed by atoms with Gasteiger partial charge in [-0.2, -0.15) is 0 Å². The summed E-state index contributed by atoms with van der Waals surface area (Å²) in [5, 5.41) is 4.89. The first kappa shape index (κ1) is 15.4. The van der Waals surface area contributed by atoms with Crippen molar-refractivity contribution in [3.63, 3.8) is 0 Å². The highest BCUT2D eigenvalue weighted by atomic mass is 19.1. The van der Waals surface area contributed by atoms with E-state index < -0.39 is 11.7 Å². The standard InChI is InChI=1S/C17H15FN2O2/c1-12(21)19-16(11-13-7-3-2-4-8-13)17(22)20-15-10-6-5-9-14(15)18/h2-11H,1H3,(H,19,21)(H,20,22)/b16-11-. The van der Waals surface area contributed by atoms with Crippen LogP contribution in [0.1, 0.15) is 12.5 Å². The Labute approximate surface area is 127 Å². The average Bonchev–Trinajstić information content (AvgIpc) is 2.49. The molecule has 0 radical (unpaired) electrons. The lowest BCUT2D eigenvalue weighted by molar-refractivity contribution is -0.120. The van der Waals surface area contributed by atoms with Gasteiger partial charge in [0.05, 0.1) is 5.69 Å². The molecule has 0 fully saturated rings. The molecule has 4 nitrogen and oxygen atoms in total. The third-order valence-corrected chi connectivity index (χ3v) is 2.79. The molecule has 2 N–H and O–H groups in total.